The molecule has 1 N–H and O–H groups in total. The zero-order valence-electron chi connectivity index (χ0n) is 20.2. The molecule has 2 aromatic carbocycles. The lowest BCUT2D eigenvalue weighted by Crippen LogP contribution is -2.48. The van der Waals surface area contributed by atoms with Gasteiger partial charge in [-0.05, 0) is 79.7 Å². The molecule has 2 bridgehead atoms. The van der Waals surface area contributed by atoms with Gasteiger partial charge in [0.1, 0.15) is 5.75 Å². The number of carbonyl (C=O) groups excluding carboxylic acids is 1. The van der Waals surface area contributed by atoms with Crippen LogP contribution in [0.25, 0.3) is 0 Å². The molecule has 0 radical (unpaired) electrons. The summed E-state index contributed by atoms with van der Waals surface area (Å²) in [7, 11) is -3.93. The number of hydrogen-bond donors (Lipinski definition) is 1. The second-order valence-corrected chi connectivity index (χ2v) is 12.6. The lowest BCUT2D eigenvalue weighted by atomic mass is 9.68. The van der Waals surface area contributed by atoms with Crippen molar-refractivity contribution >= 4 is 21.6 Å². The van der Waals surface area contributed by atoms with E-state index in [0.717, 1.165) is 63.1 Å². The Morgan fingerprint density at radius 3 is 2.69 bits per heavy atom. The Bertz CT molecular complexity index is 1240. The summed E-state index contributed by atoms with van der Waals surface area (Å²) in [5, 5.41) is 0. The second-order valence-electron chi connectivity index (χ2n) is 11.0. The number of hydrogen-bond acceptors (Lipinski definition) is 5. The fraction of sp³-hybridized carbons (Fsp3) is 0.536. The Labute approximate surface area is 208 Å². The highest BCUT2D eigenvalue weighted by Gasteiger charge is 2.43. The number of nitrogens with one attached hydrogen (secondary N) is 1. The summed E-state index contributed by atoms with van der Waals surface area (Å²) in [6, 6.07) is 13.8. The Kier molecular flexibility index (Phi) is 5.78. The molecule has 35 heavy (non-hydrogen) atoms. The van der Waals surface area contributed by atoms with E-state index in [1.54, 1.807) is 18.2 Å². The van der Waals surface area contributed by atoms with Gasteiger partial charge < -0.3 is 9.64 Å². The van der Waals surface area contributed by atoms with Crippen molar-refractivity contribution in [2.45, 2.75) is 68.1 Å². The fourth-order valence-corrected chi connectivity index (χ4v) is 7.76. The third kappa shape index (κ3) is 4.22. The van der Waals surface area contributed by atoms with Crippen LogP contribution in [0.1, 0.15) is 62.5 Å². The SMILES string of the molecule is O=C1CCCCC2CCC2CN2CC3(CCCc4ccccc43)COc3ccc(cc32)S(=O)(=O)N1. The molecular weight excluding hydrogens is 460 g/mol. The third-order valence-corrected chi connectivity index (χ3v) is 10.1. The number of anilines is 1. The highest BCUT2D eigenvalue weighted by Crippen LogP contribution is 2.46. The van der Waals surface area contributed by atoms with Crippen LogP contribution in [0.3, 0.4) is 0 Å². The fourth-order valence-electron chi connectivity index (χ4n) is 6.72. The van der Waals surface area contributed by atoms with E-state index in [2.05, 4.69) is 33.9 Å². The molecule has 1 spiro atoms. The molecule has 3 atom stereocenters. The molecule has 6 rings (SSSR count). The smallest absolute Gasteiger partial charge is 0.264 e. The van der Waals surface area contributed by atoms with Crippen molar-refractivity contribution in [1.82, 2.24) is 4.72 Å². The number of fused-ring (bicyclic) bond motifs is 4. The van der Waals surface area contributed by atoms with Crippen molar-refractivity contribution in [3.05, 3.63) is 53.6 Å². The molecule has 0 aromatic heterocycles. The maximum absolute atomic E-state index is 13.1. The van der Waals surface area contributed by atoms with Gasteiger partial charge in [-0.1, -0.05) is 37.1 Å². The number of nitrogens with zero attached hydrogens (tertiary/aromatic N) is 1. The van der Waals surface area contributed by atoms with Crippen LogP contribution in [0.2, 0.25) is 0 Å². The first kappa shape index (κ1) is 22.9. The number of aryl methyl sites for hydroxylation is 1. The van der Waals surface area contributed by atoms with Crippen molar-refractivity contribution in [1.29, 1.82) is 0 Å². The number of carbonyl (C=O) groups is 1. The minimum atomic E-state index is -3.93. The van der Waals surface area contributed by atoms with E-state index in [1.165, 1.54) is 24.0 Å². The molecule has 1 fully saturated rings. The minimum absolute atomic E-state index is 0.119. The maximum atomic E-state index is 13.1. The van der Waals surface area contributed by atoms with E-state index in [9.17, 15) is 13.2 Å². The second kappa shape index (κ2) is 8.84. The third-order valence-electron chi connectivity index (χ3n) is 8.78. The Hall–Kier alpha value is -2.54. The van der Waals surface area contributed by atoms with E-state index in [4.69, 9.17) is 4.74 Å². The molecule has 7 heteroatoms. The molecule has 6 nitrogen and oxygen atoms in total. The van der Waals surface area contributed by atoms with Crippen LogP contribution in [0.15, 0.2) is 47.4 Å². The average molecular weight is 495 g/mol. The first-order valence-electron chi connectivity index (χ1n) is 13.1. The highest BCUT2D eigenvalue weighted by molar-refractivity contribution is 7.90. The highest BCUT2D eigenvalue weighted by atomic mass is 32.2. The zero-order valence-corrected chi connectivity index (χ0v) is 21.0. The monoisotopic (exact) mass is 494 g/mol. The Morgan fingerprint density at radius 1 is 0.971 bits per heavy atom. The van der Waals surface area contributed by atoms with E-state index in [-0.39, 0.29) is 16.7 Å². The summed E-state index contributed by atoms with van der Waals surface area (Å²) < 4.78 is 34.9. The number of sulfonamides is 1. The van der Waals surface area contributed by atoms with Gasteiger partial charge in [0.25, 0.3) is 10.0 Å². The predicted octanol–water partition coefficient (Wildman–Crippen LogP) is 4.56. The van der Waals surface area contributed by atoms with Crippen LogP contribution in [-0.2, 0) is 26.7 Å². The van der Waals surface area contributed by atoms with Gasteiger partial charge in [0.15, 0.2) is 0 Å². The molecule has 2 aromatic rings. The number of benzene rings is 2. The van der Waals surface area contributed by atoms with E-state index in [1.807, 2.05) is 0 Å². The van der Waals surface area contributed by atoms with Crippen LogP contribution in [0.4, 0.5) is 5.69 Å². The van der Waals surface area contributed by atoms with Crippen LogP contribution in [-0.4, -0.2) is 34.0 Å². The van der Waals surface area contributed by atoms with Gasteiger partial charge in [0.05, 0.1) is 17.2 Å². The topological polar surface area (TPSA) is 75.7 Å². The van der Waals surface area contributed by atoms with Crippen LogP contribution < -0.4 is 14.4 Å². The summed E-state index contributed by atoms with van der Waals surface area (Å²) in [6.07, 6.45) is 8.78. The number of amides is 1. The molecule has 3 unspecified atom stereocenters. The van der Waals surface area contributed by atoms with Gasteiger partial charge in [0, 0.05) is 24.9 Å². The molecule has 2 heterocycles. The molecule has 1 saturated carbocycles. The van der Waals surface area contributed by atoms with Gasteiger partial charge >= 0.3 is 0 Å². The normalized spacial score (nSPS) is 29.9. The Morgan fingerprint density at radius 2 is 1.83 bits per heavy atom. The summed E-state index contributed by atoms with van der Waals surface area (Å²) in [5.74, 6) is 1.58. The summed E-state index contributed by atoms with van der Waals surface area (Å²) in [4.78, 5) is 14.9. The lowest BCUT2D eigenvalue weighted by Gasteiger charge is -2.44. The molecule has 0 saturated heterocycles. The summed E-state index contributed by atoms with van der Waals surface area (Å²) in [6.45, 7) is 2.32. The van der Waals surface area contributed by atoms with Gasteiger partial charge in [0.2, 0.25) is 5.91 Å². The van der Waals surface area contributed by atoms with Crippen LogP contribution >= 0.6 is 0 Å². The molecule has 4 aliphatic rings. The quantitative estimate of drug-likeness (QED) is 0.581. The predicted molar refractivity (Wildman–Crippen MR) is 135 cm³/mol. The number of rotatable bonds is 0. The molecular formula is C28H34N2O4S. The van der Waals surface area contributed by atoms with Gasteiger partial charge in [-0.25, -0.2) is 13.1 Å². The van der Waals surface area contributed by atoms with Crippen LogP contribution in [0, 0.1) is 11.8 Å². The zero-order chi connectivity index (χ0) is 24.0. The van der Waals surface area contributed by atoms with Gasteiger partial charge in [-0.15, -0.1) is 0 Å². The average Bonchev–Trinajstić information content (AvgIpc) is 2.98. The van der Waals surface area contributed by atoms with Crippen molar-refractivity contribution < 1.29 is 17.9 Å². The molecule has 1 amide bonds. The van der Waals surface area contributed by atoms with Crippen LogP contribution in [0.5, 0.6) is 5.75 Å². The largest absolute Gasteiger partial charge is 0.490 e. The first-order chi connectivity index (χ1) is 16.9. The van der Waals surface area contributed by atoms with Gasteiger partial charge in [-0.3, -0.25) is 4.79 Å². The van der Waals surface area contributed by atoms with Crippen molar-refractivity contribution in [2.75, 3.05) is 24.6 Å². The summed E-state index contributed by atoms with van der Waals surface area (Å²) >= 11 is 0. The number of ether oxygens (including phenoxy) is 1. The van der Waals surface area contributed by atoms with E-state index in [0.29, 0.717) is 18.4 Å². The lowest BCUT2D eigenvalue weighted by molar-refractivity contribution is -0.119. The first-order valence-corrected chi connectivity index (χ1v) is 14.6. The Balaban J connectivity index is 1.44. The van der Waals surface area contributed by atoms with Gasteiger partial charge in [-0.2, -0.15) is 0 Å². The summed E-state index contributed by atoms with van der Waals surface area (Å²) in [5.41, 5.74) is 3.50. The standard InChI is InChI=1S/C28H34N2O4S/c31-27-10-4-2-6-20-11-12-22(20)17-30-18-28(15-5-8-21-7-1-3-9-24(21)28)19-34-26-14-13-23(16-25(26)30)35(32,33)29-27/h1,3,7,9,13-14,16,20,22H,2,4-6,8,10-12,15,17-19H2,(H,29,31). The minimum Gasteiger partial charge on any atom is -0.490 e. The van der Waals surface area contributed by atoms with Crippen molar-refractivity contribution in [3.8, 4) is 5.75 Å². The van der Waals surface area contributed by atoms with E-state index < -0.39 is 15.9 Å². The van der Waals surface area contributed by atoms with Crippen molar-refractivity contribution in [3.63, 3.8) is 0 Å². The van der Waals surface area contributed by atoms with E-state index >= 15 is 0 Å². The molecule has 186 valence electrons. The maximum Gasteiger partial charge on any atom is 0.264 e. The molecule has 2 aliphatic heterocycles. The van der Waals surface area contributed by atoms with Crippen molar-refractivity contribution in [2.24, 2.45) is 11.8 Å². The molecule has 2 aliphatic carbocycles.